The second kappa shape index (κ2) is 21.8. The fourth-order valence-corrected chi connectivity index (χ4v) is 18.8. The molecule has 339 valence electrons. The number of nitrogens with zero attached hydrogens (tertiary/aromatic N) is 2. The van der Waals surface area contributed by atoms with Gasteiger partial charge in [0, 0.05) is 27.9 Å². The Morgan fingerprint density at radius 3 is 1.37 bits per heavy atom. The smallest absolute Gasteiger partial charge is 0.450 e. The van der Waals surface area contributed by atoms with Crippen LogP contribution in [0, 0.1) is 0 Å². The van der Waals surface area contributed by atoms with Crippen molar-refractivity contribution >= 4 is 45.2 Å². The third-order valence-electron chi connectivity index (χ3n) is 12.2. The van der Waals surface area contributed by atoms with E-state index >= 15 is 0 Å². The predicted molar refractivity (Wildman–Crippen MR) is 263 cm³/mol. The van der Waals surface area contributed by atoms with Gasteiger partial charge in [-0.2, -0.15) is 0 Å². The maximum Gasteiger partial charge on any atom is 0.503 e. The van der Waals surface area contributed by atoms with E-state index < -0.39 is 19.7 Å². The van der Waals surface area contributed by atoms with Gasteiger partial charge in [-0.25, -0.2) is 4.79 Å². The van der Waals surface area contributed by atoms with Crippen molar-refractivity contribution in [2.75, 3.05) is 0 Å². The standard InChI is InChI=1S/C53H67AsN2O2.CH2O3.Co/c1-51(2,3)41-32-38(22-21-31-54(43-23-13-10-14-24-43,44-25-15-11-16-26-44)45-27-17-12-18-28-45)49(57)39(33-41)36-55-47-29-19-20-30-48(47)56-37-40-34-42(52(4,5)6)35-46(50(40)58)53(7,8)9;2-1(3)4;/h10-18,23-28,32-37,47-48,54,57-58H,19-22,29-31H2,1-9H3;(H2,2,3,4);. The molecule has 0 bridgehead atoms. The fraction of sp³-hybridized carbons (Fsp3) is 0.389. The van der Waals surface area contributed by atoms with Crippen molar-refractivity contribution in [2.45, 2.75) is 134 Å². The SMILES string of the molecule is CC(C)(C)c1cc(C=NC2CCCCC2N=Cc2cc(C(C)(C)C)cc(C(C)(C)C)c2O)c(O)c(CCC[AsH](c2ccccc2)(c2ccccc2)c2ccccc2)c1.O=C(O)O.[Co]. The molecule has 7 nitrogen and oxygen atoms in total. The minimum atomic E-state index is -3.12. The molecule has 1 aliphatic rings. The summed E-state index contributed by atoms with van der Waals surface area (Å²) >= 11 is -3.12. The van der Waals surface area contributed by atoms with Crippen LogP contribution in [0.25, 0.3) is 0 Å². The van der Waals surface area contributed by atoms with E-state index in [0.29, 0.717) is 11.5 Å². The number of aliphatic imine (C=N–C) groups is 2. The van der Waals surface area contributed by atoms with E-state index in [9.17, 15) is 10.2 Å². The summed E-state index contributed by atoms with van der Waals surface area (Å²) in [4.78, 5) is 18.9. The summed E-state index contributed by atoms with van der Waals surface area (Å²) in [6, 6.07) is 42.1. The second-order valence-electron chi connectivity index (χ2n) is 19.9. The van der Waals surface area contributed by atoms with Gasteiger partial charge < -0.3 is 15.3 Å². The Balaban J connectivity index is 0.00000167. The number of carboxylic acid groups (broad SMARTS) is 2. The first-order valence-electron chi connectivity index (χ1n) is 22.1. The molecule has 2 atom stereocenters. The summed E-state index contributed by atoms with van der Waals surface area (Å²) in [5.41, 5.74) is 5.51. The average Bonchev–Trinajstić information content (AvgIpc) is 3.22. The summed E-state index contributed by atoms with van der Waals surface area (Å²) in [7, 11) is 0. The summed E-state index contributed by atoms with van der Waals surface area (Å²) in [5, 5.41) is 38.4. The molecule has 0 amide bonds. The number of phenolic OH excluding ortho intramolecular Hbond substituents is 2. The van der Waals surface area contributed by atoms with Gasteiger partial charge in [-0.3, -0.25) is 0 Å². The largest absolute Gasteiger partial charge is 0.503 e. The molecule has 0 heterocycles. The number of carbonyl (C=O) groups is 1. The second-order valence-corrected chi connectivity index (χ2v) is 28.4. The summed E-state index contributed by atoms with van der Waals surface area (Å²) in [5.74, 6) is 0.650. The van der Waals surface area contributed by atoms with Crippen LogP contribution in [-0.4, -0.2) is 64.6 Å². The number of phenols is 2. The van der Waals surface area contributed by atoms with Crippen LogP contribution < -0.4 is 13.1 Å². The van der Waals surface area contributed by atoms with Crippen LogP contribution in [0.4, 0.5) is 4.79 Å². The number of benzene rings is 5. The van der Waals surface area contributed by atoms with E-state index in [4.69, 9.17) is 25.0 Å². The van der Waals surface area contributed by atoms with Gasteiger partial charge in [-0.1, -0.05) is 47.6 Å². The maximum absolute atomic E-state index is 12.0. The van der Waals surface area contributed by atoms with Crippen molar-refractivity contribution in [1.82, 2.24) is 0 Å². The van der Waals surface area contributed by atoms with Crippen molar-refractivity contribution in [3.8, 4) is 11.5 Å². The van der Waals surface area contributed by atoms with Gasteiger partial charge in [0.2, 0.25) is 0 Å². The molecule has 0 aromatic heterocycles. The van der Waals surface area contributed by atoms with E-state index in [1.165, 1.54) is 24.2 Å². The van der Waals surface area contributed by atoms with Gasteiger partial charge in [-0.15, -0.1) is 0 Å². The first kappa shape index (κ1) is 51.0. The van der Waals surface area contributed by atoms with Crippen molar-refractivity contribution in [3.63, 3.8) is 0 Å². The molecule has 9 heteroatoms. The molecule has 0 spiro atoms. The van der Waals surface area contributed by atoms with E-state index in [-0.39, 0.29) is 45.1 Å². The van der Waals surface area contributed by atoms with Gasteiger partial charge in [-0.05, 0) is 22.5 Å². The Kier molecular flexibility index (Phi) is 17.7. The summed E-state index contributed by atoms with van der Waals surface area (Å²) < 4.78 is 4.37. The normalized spacial score (nSPS) is 16.3. The van der Waals surface area contributed by atoms with Gasteiger partial charge >= 0.3 is 268 Å². The Morgan fingerprint density at radius 1 is 0.603 bits per heavy atom. The van der Waals surface area contributed by atoms with Crippen LogP contribution in [0.1, 0.15) is 128 Å². The molecule has 63 heavy (non-hydrogen) atoms. The quantitative estimate of drug-likeness (QED) is 0.0776. The van der Waals surface area contributed by atoms with Crippen molar-refractivity contribution in [2.24, 2.45) is 9.98 Å². The zero-order chi connectivity index (χ0) is 45.3. The van der Waals surface area contributed by atoms with E-state index in [1.807, 2.05) is 12.4 Å². The monoisotopic (exact) mass is 959 g/mol. The molecule has 5 aromatic rings. The van der Waals surface area contributed by atoms with Crippen molar-refractivity contribution in [3.05, 3.63) is 149 Å². The molecular weight excluding hydrogens is 890 g/mol. The van der Waals surface area contributed by atoms with Crippen LogP contribution in [-0.2, 0) is 39.4 Å². The van der Waals surface area contributed by atoms with E-state index in [2.05, 4.69) is 178 Å². The number of hydrogen-bond donors (Lipinski definition) is 4. The molecule has 1 fully saturated rings. The van der Waals surface area contributed by atoms with Crippen LogP contribution in [0.5, 0.6) is 11.5 Å². The van der Waals surface area contributed by atoms with Crippen LogP contribution in [0.15, 0.2) is 125 Å². The molecule has 6 rings (SSSR count). The molecule has 2 unspecified atom stereocenters. The molecule has 0 aliphatic heterocycles. The molecular formula is C54H69AsCoN2O5. The minimum Gasteiger partial charge on any atom is -0.450 e. The zero-order valence-corrected chi connectivity index (χ0v) is 41.8. The fourth-order valence-electron chi connectivity index (χ4n) is 8.64. The minimum absolute atomic E-state index is 0. The Bertz CT molecular complexity index is 2210. The zero-order valence-electron chi connectivity index (χ0n) is 38.7. The Labute approximate surface area is 389 Å². The van der Waals surface area contributed by atoms with Gasteiger partial charge in [0.25, 0.3) is 0 Å². The first-order chi connectivity index (χ1) is 29.2. The van der Waals surface area contributed by atoms with Gasteiger partial charge in [0.05, 0.1) is 0 Å². The van der Waals surface area contributed by atoms with Crippen molar-refractivity contribution in [1.29, 1.82) is 0 Å². The van der Waals surface area contributed by atoms with Gasteiger partial charge in [0.1, 0.15) is 5.75 Å². The summed E-state index contributed by atoms with van der Waals surface area (Å²) in [6.07, 6.45) is 7.80. The first-order valence-corrected chi connectivity index (χ1v) is 26.7. The molecule has 5 aromatic carbocycles. The number of aromatic hydroxyl groups is 2. The number of hydrogen-bond acceptors (Lipinski definition) is 5. The third-order valence-corrected chi connectivity index (χ3v) is 22.8. The van der Waals surface area contributed by atoms with Gasteiger partial charge in [0.15, 0.2) is 0 Å². The van der Waals surface area contributed by atoms with Crippen LogP contribution in [0.3, 0.4) is 0 Å². The van der Waals surface area contributed by atoms with Crippen molar-refractivity contribution < 1.29 is 42.0 Å². The Hall–Kier alpha value is -4.63. The van der Waals surface area contributed by atoms with E-state index in [0.717, 1.165) is 66.0 Å². The van der Waals surface area contributed by atoms with Crippen LogP contribution in [0.2, 0.25) is 5.21 Å². The molecule has 4 N–H and O–H groups in total. The van der Waals surface area contributed by atoms with Crippen LogP contribution >= 0.6 is 0 Å². The summed E-state index contributed by atoms with van der Waals surface area (Å²) in [6.45, 7) is 19.8. The average molecular weight is 960 g/mol. The molecule has 1 aliphatic carbocycles. The number of rotatable bonds is 11. The third kappa shape index (κ3) is 13.2. The molecule has 0 saturated heterocycles. The molecule has 1 saturated carbocycles. The number of aryl methyl sites for hydroxylation is 1. The Morgan fingerprint density at radius 2 is 0.984 bits per heavy atom. The topological polar surface area (TPSA) is 123 Å². The maximum atomic E-state index is 12.0. The predicted octanol–water partition coefficient (Wildman–Crippen LogP) is 10.9. The molecule has 1 radical (unpaired) electrons. The van der Waals surface area contributed by atoms with E-state index in [1.54, 1.807) is 0 Å².